The summed E-state index contributed by atoms with van der Waals surface area (Å²) in [5, 5.41) is 18.1. The molecule has 0 aliphatic carbocycles. The van der Waals surface area contributed by atoms with Crippen LogP contribution in [-0.4, -0.2) is 59.3 Å². The van der Waals surface area contributed by atoms with Crippen molar-refractivity contribution in [3.63, 3.8) is 0 Å². The van der Waals surface area contributed by atoms with Gasteiger partial charge in [0.05, 0.1) is 34.5 Å². The van der Waals surface area contributed by atoms with E-state index in [9.17, 15) is 52.7 Å². The number of rotatable bonds is 2. The first-order valence-electron chi connectivity index (χ1n) is 12.4. The number of benzene rings is 2. The highest BCUT2D eigenvalue weighted by molar-refractivity contribution is 5.35. The summed E-state index contributed by atoms with van der Waals surface area (Å²) in [5.41, 5.74) is -6.56. The topological polar surface area (TPSA) is 46.9 Å². The van der Waals surface area contributed by atoms with Crippen LogP contribution in [0.25, 0.3) is 0 Å². The SMILES string of the molecule is C1CN2CCN1CC2.C[C@@H](O)c1cc(C(F)(F)F)cc(C(F)(F)F)c1.C[C@@H](O)c1cc(C(F)(F)F)cc(C(F)(F)F)c1. The number of piperazine rings is 3. The minimum atomic E-state index is -4.88. The number of hydrogen-bond donors (Lipinski definition) is 2. The van der Waals surface area contributed by atoms with Crippen molar-refractivity contribution in [2.75, 3.05) is 39.3 Å². The Morgan fingerprint density at radius 3 is 0.762 bits per heavy atom. The van der Waals surface area contributed by atoms with E-state index in [0.29, 0.717) is 24.3 Å². The van der Waals surface area contributed by atoms with E-state index in [0.717, 1.165) is 13.8 Å². The minimum absolute atomic E-state index is 0.0197. The first-order chi connectivity index (χ1) is 19.0. The molecule has 238 valence electrons. The number of hydrogen-bond acceptors (Lipinski definition) is 4. The van der Waals surface area contributed by atoms with E-state index in [4.69, 9.17) is 10.2 Å². The molecule has 0 spiro atoms. The average molecular weight is 628 g/mol. The molecule has 3 heterocycles. The molecule has 42 heavy (non-hydrogen) atoms. The summed E-state index contributed by atoms with van der Waals surface area (Å²) in [5.74, 6) is 0. The molecule has 0 aromatic heterocycles. The summed E-state index contributed by atoms with van der Waals surface area (Å²) in [6.07, 6.45) is -22.3. The Balaban J connectivity index is 0.000000233. The largest absolute Gasteiger partial charge is 0.416 e. The van der Waals surface area contributed by atoms with Crippen molar-refractivity contribution in [1.82, 2.24) is 9.80 Å². The summed E-state index contributed by atoms with van der Waals surface area (Å²) in [6.45, 7) is 10.1. The van der Waals surface area contributed by atoms with Crippen molar-refractivity contribution in [2.45, 2.75) is 50.8 Å². The van der Waals surface area contributed by atoms with Crippen LogP contribution in [0.15, 0.2) is 36.4 Å². The van der Waals surface area contributed by atoms with Crippen LogP contribution in [0.3, 0.4) is 0 Å². The highest BCUT2D eigenvalue weighted by atomic mass is 19.4. The first kappa shape index (κ1) is 35.6. The molecule has 0 radical (unpaired) electrons. The molecule has 3 aliphatic heterocycles. The fraction of sp³-hybridized carbons (Fsp3) is 0.538. The van der Waals surface area contributed by atoms with Crippen molar-refractivity contribution in [2.24, 2.45) is 0 Å². The minimum Gasteiger partial charge on any atom is -0.389 e. The van der Waals surface area contributed by atoms with Crippen molar-refractivity contribution < 1.29 is 62.9 Å². The van der Waals surface area contributed by atoms with Crippen LogP contribution in [0, 0.1) is 0 Å². The lowest BCUT2D eigenvalue weighted by molar-refractivity contribution is -0.144. The molecule has 2 aromatic rings. The zero-order valence-corrected chi connectivity index (χ0v) is 22.2. The third kappa shape index (κ3) is 10.6. The van der Waals surface area contributed by atoms with Gasteiger partial charge in [0.1, 0.15) is 0 Å². The van der Waals surface area contributed by atoms with Crippen LogP contribution in [0.2, 0.25) is 0 Å². The van der Waals surface area contributed by atoms with E-state index in [1.807, 2.05) is 0 Å². The van der Waals surface area contributed by atoms with Crippen molar-refractivity contribution in [3.05, 3.63) is 69.8 Å². The Morgan fingerprint density at radius 2 is 0.643 bits per heavy atom. The molecule has 0 amide bonds. The highest BCUT2D eigenvalue weighted by Crippen LogP contribution is 2.38. The second kappa shape index (κ2) is 13.4. The van der Waals surface area contributed by atoms with Gasteiger partial charge in [0.2, 0.25) is 0 Å². The van der Waals surface area contributed by atoms with Gasteiger partial charge >= 0.3 is 24.7 Å². The zero-order valence-electron chi connectivity index (χ0n) is 22.2. The molecule has 3 saturated heterocycles. The van der Waals surface area contributed by atoms with Gasteiger partial charge in [-0.3, -0.25) is 9.80 Å². The predicted molar refractivity (Wildman–Crippen MR) is 127 cm³/mol. The smallest absolute Gasteiger partial charge is 0.389 e. The maximum atomic E-state index is 12.4. The lowest BCUT2D eigenvalue weighted by Crippen LogP contribution is -2.55. The summed E-state index contributed by atoms with van der Waals surface area (Å²) < 4.78 is 148. The molecule has 16 heteroatoms. The fourth-order valence-electron chi connectivity index (χ4n) is 3.96. The van der Waals surface area contributed by atoms with Crippen molar-refractivity contribution in [1.29, 1.82) is 0 Å². The van der Waals surface area contributed by atoms with Gasteiger partial charge in [0, 0.05) is 39.3 Å². The van der Waals surface area contributed by atoms with E-state index in [1.54, 1.807) is 0 Å². The molecule has 2 N–H and O–H groups in total. The van der Waals surface area contributed by atoms with Gasteiger partial charge in [-0.05, 0) is 61.4 Å². The number of aliphatic hydroxyl groups is 2. The van der Waals surface area contributed by atoms with Gasteiger partial charge in [-0.25, -0.2) is 0 Å². The monoisotopic (exact) mass is 628 g/mol. The van der Waals surface area contributed by atoms with E-state index in [-0.39, 0.29) is 12.1 Å². The molecular weight excluding hydrogens is 600 g/mol. The molecule has 0 unspecified atom stereocenters. The molecule has 2 atom stereocenters. The predicted octanol–water partition coefficient (Wildman–Crippen LogP) is 7.17. The molecule has 4 nitrogen and oxygen atoms in total. The number of aliphatic hydroxyl groups excluding tert-OH is 2. The molecule has 3 aliphatic rings. The highest BCUT2D eigenvalue weighted by Gasteiger charge is 2.38. The maximum Gasteiger partial charge on any atom is 0.416 e. The van der Waals surface area contributed by atoms with Crippen LogP contribution in [0.4, 0.5) is 52.7 Å². The van der Waals surface area contributed by atoms with Gasteiger partial charge in [-0.2, -0.15) is 52.7 Å². The standard InChI is InChI=1S/2C10H8F6O.C6H12N2/c2*1-5(17)6-2-7(9(11,12)13)4-8(3-6)10(14,15)16;1-2-8-5-3-7(1)4-6-8/h2*2-5,17H,1H3;1-6H2/t2*5-;/m11./s1. The number of halogens is 12. The second-order valence-electron chi connectivity index (χ2n) is 9.71. The molecule has 2 bridgehead atoms. The molecular formula is C26H28F12N2O2. The molecule has 5 rings (SSSR count). The Kier molecular flexibility index (Phi) is 11.4. The molecule has 3 fully saturated rings. The Morgan fingerprint density at radius 1 is 0.452 bits per heavy atom. The van der Waals surface area contributed by atoms with Crippen LogP contribution < -0.4 is 0 Å². The normalized spacial score (nSPS) is 20.6. The van der Waals surface area contributed by atoms with Crippen LogP contribution in [-0.2, 0) is 24.7 Å². The van der Waals surface area contributed by atoms with Crippen molar-refractivity contribution in [3.8, 4) is 0 Å². The molecule has 2 aromatic carbocycles. The van der Waals surface area contributed by atoms with Gasteiger partial charge in [-0.1, -0.05) is 0 Å². The van der Waals surface area contributed by atoms with E-state index >= 15 is 0 Å². The number of alkyl halides is 12. The van der Waals surface area contributed by atoms with Gasteiger partial charge in [-0.15, -0.1) is 0 Å². The van der Waals surface area contributed by atoms with Crippen molar-refractivity contribution >= 4 is 0 Å². The van der Waals surface area contributed by atoms with Gasteiger partial charge < -0.3 is 10.2 Å². The Hall–Kier alpha value is -2.56. The van der Waals surface area contributed by atoms with E-state index in [2.05, 4.69) is 9.80 Å². The fourth-order valence-corrected chi connectivity index (χ4v) is 3.96. The number of nitrogens with zero attached hydrogens (tertiary/aromatic N) is 2. The second-order valence-corrected chi connectivity index (χ2v) is 9.71. The quantitative estimate of drug-likeness (QED) is 0.347. The molecule has 0 saturated carbocycles. The van der Waals surface area contributed by atoms with Gasteiger partial charge in [0.15, 0.2) is 0 Å². The average Bonchev–Trinajstić information content (AvgIpc) is 2.88. The third-order valence-electron chi connectivity index (χ3n) is 6.38. The van der Waals surface area contributed by atoms with Crippen LogP contribution in [0.5, 0.6) is 0 Å². The van der Waals surface area contributed by atoms with E-state index in [1.165, 1.54) is 39.3 Å². The Labute approximate surface area is 233 Å². The maximum absolute atomic E-state index is 12.4. The Bertz CT molecular complexity index is 997. The van der Waals surface area contributed by atoms with Crippen LogP contribution >= 0.6 is 0 Å². The lowest BCUT2D eigenvalue weighted by Gasteiger charge is -2.41. The zero-order chi connectivity index (χ0) is 32.3. The summed E-state index contributed by atoms with van der Waals surface area (Å²) in [6, 6.07) is 2.04. The number of fused-ring (bicyclic) bond motifs is 3. The summed E-state index contributed by atoms with van der Waals surface area (Å²) in [4.78, 5) is 5.08. The lowest BCUT2D eigenvalue weighted by atomic mass is 10.0. The van der Waals surface area contributed by atoms with E-state index < -0.39 is 70.3 Å². The third-order valence-corrected chi connectivity index (χ3v) is 6.38. The summed E-state index contributed by atoms with van der Waals surface area (Å²) in [7, 11) is 0. The summed E-state index contributed by atoms with van der Waals surface area (Å²) >= 11 is 0. The van der Waals surface area contributed by atoms with Crippen LogP contribution in [0.1, 0.15) is 59.4 Å². The van der Waals surface area contributed by atoms with Gasteiger partial charge in [0.25, 0.3) is 0 Å². The first-order valence-corrected chi connectivity index (χ1v) is 12.4.